The van der Waals surface area contributed by atoms with Crippen LogP contribution in [0.25, 0.3) is 16.4 Å². The third-order valence-corrected chi connectivity index (χ3v) is 3.81. The number of aromatic nitrogens is 3. The van der Waals surface area contributed by atoms with Gasteiger partial charge in [0, 0.05) is 17.6 Å². The van der Waals surface area contributed by atoms with Crippen LogP contribution in [0, 0.1) is 0 Å². The van der Waals surface area contributed by atoms with Crippen LogP contribution in [0.2, 0.25) is 0 Å². The molecule has 0 bridgehead atoms. The number of amides is 1. The summed E-state index contributed by atoms with van der Waals surface area (Å²) < 4.78 is 2.84. The third-order valence-electron chi connectivity index (χ3n) is 3.81. The Hall–Kier alpha value is -3.36. The normalized spacial score (nSPS) is 11.3. The SMILES string of the molecule is CC(C)n1c(=O)c(C(=O)NCC(=O)O)c(O)c2cc3ccncc3n21. The summed E-state index contributed by atoms with van der Waals surface area (Å²) in [6.07, 6.45) is 3.14. The van der Waals surface area contributed by atoms with E-state index in [-0.39, 0.29) is 11.6 Å². The average molecular weight is 344 g/mol. The van der Waals surface area contributed by atoms with Crippen molar-refractivity contribution in [2.75, 3.05) is 6.54 Å². The molecule has 3 aromatic rings. The molecule has 0 fully saturated rings. The second-order valence-electron chi connectivity index (χ2n) is 5.82. The molecule has 25 heavy (non-hydrogen) atoms. The lowest BCUT2D eigenvalue weighted by Crippen LogP contribution is -2.38. The van der Waals surface area contributed by atoms with E-state index in [0.29, 0.717) is 5.52 Å². The van der Waals surface area contributed by atoms with Crippen LogP contribution in [0.5, 0.6) is 5.75 Å². The van der Waals surface area contributed by atoms with Crippen molar-refractivity contribution in [3.8, 4) is 5.75 Å². The fourth-order valence-electron chi connectivity index (χ4n) is 2.78. The Labute approximate surface area is 141 Å². The van der Waals surface area contributed by atoms with Gasteiger partial charge in [0.05, 0.1) is 11.7 Å². The molecule has 0 aliphatic carbocycles. The highest BCUT2D eigenvalue weighted by molar-refractivity contribution is 6.01. The average Bonchev–Trinajstić information content (AvgIpc) is 2.92. The van der Waals surface area contributed by atoms with Crippen molar-refractivity contribution in [3.05, 3.63) is 40.4 Å². The number of carbonyl (C=O) groups excluding carboxylic acids is 1. The molecule has 0 saturated carbocycles. The van der Waals surface area contributed by atoms with Crippen molar-refractivity contribution in [3.63, 3.8) is 0 Å². The number of rotatable bonds is 4. The summed E-state index contributed by atoms with van der Waals surface area (Å²) in [4.78, 5) is 39.8. The number of hydrogen-bond acceptors (Lipinski definition) is 5. The zero-order chi connectivity index (χ0) is 18.3. The van der Waals surface area contributed by atoms with Crippen LogP contribution < -0.4 is 10.9 Å². The molecule has 0 aromatic carbocycles. The lowest BCUT2D eigenvalue weighted by atomic mass is 10.2. The molecule has 130 valence electrons. The van der Waals surface area contributed by atoms with Crippen molar-refractivity contribution in [1.29, 1.82) is 0 Å². The Kier molecular flexibility index (Phi) is 3.91. The van der Waals surface area contributed by atoms with Gasteiger partial charge in [0.15, 0.2) is 5.75 Å². The van der Waals surface area contributed by atoms with Gasteiger partial charge in [-0.05, 0) is 26.0 Å². The molecule has 9 heteroatoms. The van der Waals surface area contributed by atoms with E-state index in [1.165, 1.54) is 9.20 Å². The fraction of sp³-hybridized carbons (Fsp3) is 0.250. The van der Waals surface area contributed by atoms with Gasteiger partial charge in [-0.1, -0.05) is 0 Å². The highest BCUT2D eigenvalue weighted by atomic mass is 16.4. The molecule has 3 aromatic heterocycles. The number of pyridine rings is 1. The number of aliphatic carboxylic acids is 1. The van der Waals surface area contributed by atoms with Crippen LogP contribution in [0.4, 0.5) is 0 Å². The smallest absolute Gasteiger partial charge is 0.322 e. The predicted octanol–water partition coefficient (Wildman–Crippen LogP) is 0.750. The second-order valence-corrected chi connectivity index (χ2v) is 5.82. The minimum atomic E-state index is -1.25. The van der Waals surface area contributed by atoms with Gasteiger partial charge < -0.3 is 15.5 Å². The third kappa shape index (κ3) is 2.59. The Bertz CT molecular complexity index is 1060. The monoisotopic (exact) mass is 344 g/mol. The Morgan fingerprint density at radius 3 is 2.68 bits per heavy atom. The number of carboxylic acids is 1. The molecule has 9 nitrogen and oxygen atoms in total. The van der Waals surface area contributed by atoms with E-state index in [2.05, 4.69) is 10.3 Å². The summed E-state index contributed by atoms with van der Waals surface area (Å²) in [5.74, 6) is -2.69. The van der Waals surface area contributed by atoms with Gasteiger partial charge in [-0.3, -0.25) is 19.4 Å². The molecule has 0 unspecified atom stereocenters. The molecule has 0 radical (unpaired) electrons. The summed E-state index contributed by atoms with van der Waals surface area (Å²) >= 11 is 0. The van der Waals surface area contributed by atoms with Gasteiger partial charge in [-0.15, -0.1) is 0 Å². The molecule has 0 saturated heterocycles. The largest absolute Gasteiger partial charge is 0.505 e. The topological polar surface area (TPSA) is 126 Å². The summed E-state index contributed by atoms with van der Waals surface area (Å²) in [6.45, 7) is 2.87. The molecule has 0 spiro atoms. The number of nitrogens with one attached hydrogen (secondary N) is 1. The summed E-state index contributed by atoms with van der Waals surface area (Å²) in [7, 11) is 0. The molecular formula is C16H16N4O5. The first-order valence-electron chi connectivity index (χ1n) is 7.55. The van der Waals surface area contributed by atoms with E-state index in [4.69, 9.17) is 5.11 Å². The van der Waals surface area contributed by atoms with Crippen LogP contribution in [0.3, 0.4) is 0 Å². The Morgan fingerprint density at radius 1 is 1.32 bits per heavy atom. The first kappa shape index (κ1) is 16.5. The fourth-order valence-corrected chi connectivity index (χ4v) is 2.78. The van der Waals surface area contributed by atoms with E-state index in [1.54, 1.807) is 38.4 Å². The maximum absolute atomic E-state index is 12.8. The quantitative estimate of drug-likeness (QED) is 0.641. The van der Waals surface area contributed by atoms with E-state index < -0.39 is 35.3 Å². The summed E-state index contributed by atoms with van der Waals surface area (Å²) in [6, 6.07) is 3.04. The van der Waals surface area contributed by atoms with E-state index >= 15 is 0 Å². The molecule has 3 heterocycles. The van der Waals surface area contributed by atoms with Crippen LogP contribution in [0.15, 0.2) is 29.3 Å². The maximum atomic E-state index is 12.8. The molecule has 1 amide bonds. The molecular weight excluding hydrogens is 328 g/mol. The van der Waals surface area contributed by atoms with Crippen molar-refractivity contribution >= 4 is 28.3 Å². The standard InChI is InChI=1S/C16H16N4O5/c1-8(2)19-16(25)13(15(24)18-7-12(21)22)14(23)10-5-9-3-4-17-6-11(9)20(10)19/h3-6,8,23H,7H2,1-2H3,(H,18,24)(H,21,22). The Morgan fingerprint density at radius 2 is 2.04 bits per heavy atom. The van der Waals surface area contributed by atoms with Crippen molar-refractivity contribution in [2.24, 2.45) is 0 Å². The number of carboxylic acid groups (broad SMARTS) is 1. The number of aromatic hydroxyl groups is 1. The molecule has 3 rings (SSSR count). The van der Waals surface area contributed by atoms with Gasteiger partial charge >= 0.3 is 5.97 Å². The zero-order valence-corrected chi connectivity index (χ0v) is 13.6. The van der Waals surface area contributed by atoms with E-state index in [0.717, 1.165) is 5.39 Å². The molecule has 0 aliphatic rings. The van der Waals surface area contributed by atoms with E-state index in [1.807, 2.05) is 0 Å². The minimum absolute atomic E-state index is 0.261. The van der Waals surface area contributed by atoms with Crippen LogP contribution in [0.1, 0.15) is 30.2 Å². The number of fused-ring (bicyclic) bond motifs is 3. The van der Waals surface area contributed by atoms with Gasteiger partial charge in [-0.25, -0.2) is 9.20 Å². The first-order chi connectivity index (χ1) is 11.8. The second kappa shape index (κ2) is 5.93. The zero-order valence-electron chi connectivity index (χ0n) is 13.6. The highest BCUT2D eigenvalue weighted by Crippen LogP contribution is 2.28. The molecule has 3 N–H and O–H groups in total. The minimum Gasteiger partial charge on any atom is -0.505 e. The lowest BCUT2D eigenvalue weighted by molar-refractivity contribution is -0.135. The van der Waals surface area contributed by atoms with Crippen molar-refractivity contribution in [2.45, 2.75) is 19.9 Å². The molecule has 0 aliphatic heterocycles. The maximum Gasteiger partial charge on any atom is 0.322 e. The van der Waals surface area contributed by atoms with Gasteiger partial charge in [0.2, 0.25) is 0 Å². The van der Waals surface area contributed by atoms with Crippen LogP contribution in [-0.2, 0) is 4.79 Å². The number of hydrogen-bond donors (Lipinski definition) is 3. The predicted molar refractivity (Wildman–Crippen MR) is 89.0 cm³/mol. The number of nitrogens with zero attached hydrogens (tertiary/aromatic N) is 3. The number of carbonyl (C=O) groups is 2. The van der Waals surface area contributed by atoms with Crippen molar-refractivity contribution < 1.29 is 19.8 Å². The first-order valence-corrected chi connectivity index (χ1v) is 7.55. The summed E-state index contributed by atoms with van der Waals surface area (Å²) in [5, 5.41) is 22.0. The summed E-state index contributed by atoms with van der Waals surface area (Å²) in [5.41, 5.74) is -0.338. The molecule has 0 atom stereocenters. The van der Waals surface area contributed by atoms with Gasteiger partial charge in [-0.2, -0.15) is 0 Å². The van der Waals surface area contributed by atoms with Gasteiger partial charge in [0.25, 0.3) is 11.5 Å². The lowest BCUT2D eigenvalue weighted by Gasteiger charge is -2.17. The Balaban J connectivity index is 2.37. The van der Waals surface area contributed by atoms with Gasteiger partial charge in [0.1, 0.15) is 17.6 Å². The van der Waals surface area contributed by atoms with Crippen molar-refractivity contribution in [1.82, 2.24) is 19.5 Å². The van der Waals surface area contributed by atoms with Crippen LogP contribution in [-0.4, -0.2) is 42.8 Å². The van der Waals surface area contributed by atoms with E-state index in [9.17, 15) is 19.5 Å². The highest BCUT2D eigenvalue weighted by Gasteiger charge is 2.25. The van der Waals surface area contributed by atoms with Crippen LogP contribution >= 0.6 is 0 Å².